The number of aldehydes is 1. The van der Waals surface area contributed by atoms with Gasteiger partial charge in [0.15, 0.2) is 6.29 Å². The van der Waals surface area contributed by atoms with Gasteiger partial charge in [-0.25, -0.2) is 8.78 Å². The monoisotopic (exact) mass is 331 g/mol. The predicted molar refractivity (Wildman–Crippen MR) is 86.2 cm³/mol. The Balaban J connectivity index is 2.01. The van der Waals surface area contributed by atoms with Crippen molar-refractivity contribution in [2.24, 2.45) is 0 Å². The molecular formula is C18H15F2NO3. The highest BCUT2D eigenvalue weighted by atomic mass is 19.1. The maximum absolute atomic E-state index is 14.8. The highest BCUT2D eigenvalue weighted by Gasteiger charge is 2.19. The van der Waals surface area contributed by atoms with E-state index in [2.05, 4.69) is 4.98 Å². The van der Waals surface area contributed by atoms with Gasteiger partial charge in [-0.1, -0.05) is 12.1 Å². The Morgan fingerprint density at radius 2 is 1.96 bits per heavy atom. The van der Waals surface area contributed by atoms with E-state index >= 15 is 0 Å². The molecule has 0 bridgehead atoms. The zero-order valence-electron chi connectivity index (χ0n) is 12.7. The number of aromatic amines is 1. The summed E-state index contributed by atoms with van der Waals surface area (Å²) in [5.41, 5.74) is 0.541. The van der Waals surface area contributed by atoms with E-state index in [9.17, 15) is 13.6 Å². The quantitative estimate of drug-likeness (QED) is 0.535. The van der Waals surface area contributed by atoms with Gasteiger partial charge in [-0.3, -0.25) is 4.79 Å². The minimum atomic E-state index is -0.776. The molecular weight excluding hydrogens is 316 g/mol. The first-order valence-electron chi connectivity index (χ1n) is 7.44. The van der Waals surface area contributed by atoms with Crippen LogP contribution in [0.25, 0.3) is 22.0 Å². The fourth-order valence-corrected chi connectivity index (χ4v) is 2.57. The number of hydrogen-bond acceptors (Lipinski definition) is 3. The lowest BCUT2D eigenvalue weighted by molar-refractivity contribution is 0.112. The molecule has 0 unspecified atom stereocenters. The number of H-pyrrole nitrogens is 1. The summed E-state index contributed by atoms with van der Waals surface area (Å²) in [5, 5.41) is 8.79. The molecule has 3 rings (SSSR count). The van der Waals surface area contributed by atoms with Crippen LogP contribution in [0.2, 0.25) is 0 Å². The number of fused-ring (bicyclic) bond motifs is 1. The van der Waals surface area contributed by atoms with Crippen molar-refractivity contribution in [1.82, 2.24) is 4.98 Å². The summed E-state index contributed by atoms with van der Waals surface area (Å²) in [5.74, 6) is -0.945. The summed E-state index contributed by atoms with van der Waals surface area (Å²) in [6.45, 7) is 0.390. The number of carbonyl (C=O) groups is 1. The van der Waals surface area contributed by atoms with Crippen LogP contribution in [-0.4, -0.2) is 29.6 Å². The second-order valence-electron chi connectivity index (χ2n) is 5.28. The summed E-state index contributed by atoms with van der Waals surface area (Å²) in [7, 11) is 0. The third-order valence-electron chi connectivity index (χ3n) is 3.73. The normalized spacial score (nSPS) is 11.0. The van der Waals surface area contributed by atoms with Crippen molar-refractivity contribution in [3.63, 3.8) is 0 Å². The number of aromatic nitrogens is 1. The SMILES string of the molecule is O=Cc1c[nH]c2cc(F)c(-c3ccc(OCCCO)cc3)c(F)c12. The lowest BCUT2D eigenvalue weighted by atomic mass is 10.0. The second-order valence-corrected chi connectivity index (χ2v) is 5.28. The van der Waals surface area contributed by atoms with Gasteiger partial charge < -0.3 is 14.8 Å². The summed E-state index contributed by atoms with van der Waals surface area (Å²) in [4.78, 5) is 13.7. The first-order valence-corrected chi connectivity index (χ1v) is 7.44. The van der Waals surface area contributed by atoms with E-state index in [1.165, 1.54) is 12.3 Å². The maximum atomic E-state index is 14.8. The van der Waals surface area contributed by atoms with E-state index in [-0.39, 0.29) is 28.6 Å². The van der Waals surface area contributed by atoms with Gasteiger partial charge in [-0.2, -0.15) is 0 Å². The smallest absolute Gasteiger partial charge is 0.152 e. The van der Waals surface area contributed by atoms with Gasteiger partial charge in [0.05, 0.1) is 17.7 Å². The average Bonchev–Trinajstić information content (AvgIpc) is 2.99. The van der Waals surface area contributed by atoms with Gasteiger partial charge in [0.25, 0.3) is 0 Å². The molecule has 24 heavy (non-hydrogen) atoms. The van der Waals surface area contributed by atoms with Crippen molar-refractivity contribution in [1.29, 1.82) is 0 Å². The van der Waals surface area contributed by atoms with Crippen LogP contribution in [0.4, 0.5) is 8.78 Å². The average molecular weight is 331 g/mol. The van der Waals surface area contributed by atoms with Crippen LogP contribution in [-0.2, 0) is 0 Å². The lowest BCUT2D eigenvalue weighted by Crippen LogP contribution is -1.99. The van der Waals surface area contributed by atoms with E-state index < -0.39 is 11.6 Å². The van der Waals surface area contributed by atoms with Crippen LogP contribution < -0.4 is 4.74 Å². The Hall–Kier alpha value is -2.73. The molecule has 2 aromatic carbocycles. The van der Waals surface area contributed by atoms with Crippen molar-refractivity contribution in [2.45, 2.75) is 6.42 Å². The number of ether oxygens (including phenoxy) is 1. The summed E-state index contributed by atoms with van der Waals surface area (Å²) >= 11 is 0. The topological polar surface area (TPSA) is 62.3 Å². The molecule has 0 aliphatic rings. The van der Waals surface area contributed by atoms with Gasteiger partial charge in [0.2, 0.25) is 0 Å². The largest absolute Gasteiger partial charge is 0.494 e. The molecule has 0 amide bonds. The number of rotatable bonds is 6. The molecule has 0 fully saturated rings. The number of hydrogen-bond donors (Lipinski definition) is 2. The first kappa shape index (κ1) is 16.1. The third kappa shape index (κ3) is 2.88. The lowest BCUT2D eigenvalue weighted by Gasteiger charge is -2.09. The van der Waals surface area contributed by atoms with Crippen molar-refractivity contribution in [3.05, 3.63) is 53.7 Å². The summed E-state index contributed by atoms with van der Waals surface area (Å²) in [6, 6.07) is 7.48. The molecule has 0 aliphatic heterocycles. The van der Waals surface area contributed by atoms with E-state index in [1.54, 1.807) is 24.3 Å². The molecule has 0 spiro atoms. The van der Waals surface area contributed by atoms with Crippen molar-refractivity contribution in [3.8, 4) is 16.9 Å². The highest BCUT2D eigenvalue weighted by Crippen LogP contribution is 2.33. The molecule has 0 aliphatic carbocycles. The standard InChI is InChI=1S/C18H15F2NO3/c19-14-8-15-17(12(10-23)9-21-15)18(20)16(14)11-2-4-13(5-3-11)24-7-1-6-22/h2-5,8-10,21-22H,1,6-7H2. The minimum absolute atomic E-state index is 0.0320. The molecule has 3 aromatic rings. The Kier molecular flexibility index (Phi) is 4.57. The van der Waals surface area contributed by atoms with Gasteiger partial charge in [-0.05, 0) is 23.8 Å². The van der Waals surface area contributed by atoms with E-state index in [4.69, 9.17) is 9.84 Å². The number of nitrogens with one attached hydrogen (secondary N) is 1. The molecule has 0 radical (unpaired) electrons. The van der Waals surface area contributed by atoms with E-state index in [1.807, 2.05) is 0 Å². The van der Waals surface area contributed by atoms with Crippen LogP contribution in [0.15, 0.2) is 36.5 Å². The minimum Gasteiger partial charge on any atom is -0.494 e. The number of aliphatic hydroxyl groups is 1. The number of aliphatic hydroxyl groups excluding tert-OH is 1. The zero-order valence-corrected chi connectivity index (χ0v) is 12.7. The van der Waals surface area contributed by atoms with Crippen LogP contribution in [0.5, 0.6) is 5.75 Å². The van der Waals surface area contributed by atoms with E-state index in [0.717, 1.165) is 0 Å². The van der Waals surface area contributed by atoms with Crippen molar-refractivity contribution < 1.29 is 23.4 Å². The molecule has 1 aromatic heterocycles. The number of benzene rings is 2. The number of halogens is 2. The summed E-state index contributed by atoms with van der Waals surface area (Å²) in [6.07, 6.45) is 2.38. The van der Waals surface area contributed by atoms with Gasteiger partial charge in [0.1, 0.15) is 17.4 Å². The second kappa shape index (κ2) is 6.80. The molecule has 4 nitrogen and oxygen atoms in total. The van der Waals surface area contributed by atoms with Gasteiger partial charge in [-0.15, -0.1) is 0 Å². The predicted octanol–water partition coefficient (Wildman–Crippen LogP) is 3.69. The molecule has 0 saturated carbocycles. The molecule has 0 atom stereocenters. The van der Waals surface area contributed by atoms with Crippen LogP contribution in [0.3, 0.4) is 0 Å². The zero-order chi connectivity index (χ0) is 17.1. The van der Waals surface area contributed by atoms with Gasteiger partial charge in [0, 0.05) is 30.2 Å². The molecule has 0 saturated heterocycles. The third-order valence-corrected chi connectivity index (χ3v) is 3.73. The Morgan fingerprint density at radius 1 is 1.21 bits per heavy atom. The Labute approximate surface area is 136 Å². The highest BCUT2D eigenvalue weighted by molar-refractivity contribution is 5.99. The summed E-state index contributed by atoms with van der Waals surface area (Å²) < 4.78 is 34.5. The Bertz CT molecular complexity index is 872. The fraction of sp³-hybridized carbons (Fsp3) is 0.167. The van der Waals surface area contributed by atoms with E-state index in [0.29, 0.717) is 30.6 Å². The maximum Gasteiger partial charge on any atom is 0.152 e. The molecule has 1 heterocycles. The Morgan fingerprint density at radius 3 is 2.62 bits per heavy atom. The first-order chi connectivity index (χ1) is 11.7. The van der Waals surface area contributed by atoms with Crippen LogP contribution in [0, 0.1) is 11.6 Å². The molecule has 6 heteroatoms. The van der Waals surface area contributed by atoms with Crippen molar-refractivity contribution in [2.75, 3.05) is 13.2 Å². The van der Waals surface area contributed by atoms with Gasteiger partial charge >= 0.3 is 0 Å². The van der Waals surface area contributed by atoms with Crippen molar-refractivity contribution >= 4 is 17.2 Å². The molecule has 2 N–H and O–H groups in total. The van der Waals surface area contributed by atoms with Crippen LogP contribution >= 0.6 is 0 Å². The fourth-order valence-electron chi connectivity index (χ4n) is 2.57. The molecule has 124 valence electrons. The van der Waals surface area contributed by atoms with Crippen LogP contribution in [0.1, 0.15) is 16.8 Å². The number of carbonyl (C=O) groups excluding carboxylic acids is 1.